The maximum Gasteiger partial charge on any atom is 0.417 e. The molecule has 0 atom stereocenters. The molecule has 4 heterocycles. The van der Waals surface area contributed by atoms with E-state index in [0.717, 1.165) is 42.4 Å². The van der Waals surface area contributed by atoms with Gasteiger partial charge in [0, 0.05) is 75.2 Å². The van der Waals surface area contributed by atoms with Crippen LogP contribution in [0.2, 0.25) is 5.02 Å². The molecule has 1 amide bonds. The number of carbonyl (C=O) groups is 1. The van der Waals surface area contributed by atoms with Gasteiger partial charge in [0.15, 0.2) is 5.75 Å². The third-order valence-corrected chi connectivity index (χ3v) is 13.9. The standard InChI is InChI=1S/C46H49ClF3N7O7S/c1-45(2)14-10-31(37(25-45)35-8-6-32(47)23-38(35)46(48,49)50)28-55-16-18-56(19-17-55)40-5-3-4-36(42(40)64-33-22-30-11-15-51-43(30)53-27-33)44(58)54-65(61,62)34-7-9-39(41(24-34)57(59)60)52-26-29-12-20-63-21-13-29/h3-9,11,15,22-24,27,29,52H,10,12-14,16-21,25-26,28H2,1-2H3,(H,51,53)(H,54,58). The van der Waals surface area contributed by atoms with Crippen LogP contribution in [0.1, 0.15) is 67.4 Å². The second kappa shape index (κ2) is 18.7. The highest BCUT2D eigenvalue weighted by molar-refractivity contribution is 7.90. The molecule has 2 aliphatic heterocycles. The number of aromatic amines is 1. The first-order valence-electron chi connectivity index (χ1n) is 21.4. The van der Waals surface area contributed by atoms with Gasteiger partial charge in [-0.3, -0.25) is 19.8 Å². The number of nitro groups is 1. The number of fused-ring (bicyclic) bond motifs is 1. The summed E-state index contributed by atoms with van der Waals surface area (Å²) in [6.45, 7) is 8.17. The number of sulfonamides is 1. The Kier molecular flexibility index (Phi) is 13.2. The van der Waals surface area contributed by atoms with Gasteiger partial charge in [0.2, 0.25) is 0 Å². The van der Waals surface area contributed by atoms with E-state index in [1.54, 1.807) is 30.5 Å². The molecule has 0 saturated carbocycles. The van der Waals surface area contributed by atoms with E-state index >= 15 is 0 Å². The Bertz CT molecular complexity index is 2750. The monoisotopic (exact) mass is 935 g/mol. The fraction of sp³-hybridized carbons (Fsp3) is 0.391. The summed E-state index contributed by atoms with van der Waals surface area (Å²) in [5, 5.41) is 16.0. The van der Waals surface area contributed by atoms with Crippen LogP contribution < -0.4 is 19.7 Å². The Hall–Kier alpha value is -5.69. The summed E-state index contributed by atoms with van der Waals surface area (Å²) >= 11 is 6.06. The zero-order valence-corrected chi connectivity index (χ0v) is 37.4. The third-order valence-electron chi connectivity index (χ3n) is 12.4. The third kappa shape index (κ3) is 10.6. The van der Waals surface area contributed by atoms with E-state index in [0.29, 0.717) is 82.2 Å². The molecular formula is C46H49ClF3N7O7S. The number of pyridine rings is 1. The second-order valence-electron chi connectivity index (χ2n) is 17.5. The van der Waals surface area contributed by atoms with Crippen LogP contribution in [0.25, 0.3) is 16.6 Å². The lowest BCUT2D eigenvalue weighted by Gasteiger charge is -2.40. The Morgan fingerprint density at radius 3 is 2.57 bits per heavy atom. The molecule has 0 radical (unpaired) electrons. The van der Waals surface area contributed by atoms with Gasteiger partial charge in [0.1, 0.15) is 17.1 Å². The van der Waals surface area contributed by atoms with Crippen molar-refractivity contribution in [2.45, 2.75) is 57.0 Å². The summed E-state index contributed by atoms with van der Waals surface area (Å²) in [6.07, 6.45) is 2.15. The van der Waals surface area contributed by atoms with E-state index in [2.05, 4.69) is 38.8 Å². The van der Waals surface area contributed by atoms with Gasteiger partial charge in [-0.25, -0.2) is 18.1 Å². The Morgan fingerprint density at radius 2 is 1.83 bits per heavy atom. The fourth-order valence-electron chi connectivity index (χ4n) is 8.80. The highest BCUT2D eigenvalue weighted by atomic mass is 35.5. The van der Waals surface area contributed by atoms with E-state index in [1.807, 2.05) is 4.90 Å². The number of hydrogen-bond donors (Lipinski definition) is 3. The summed E-state index contributed by atoms with van der Waals surface area (Å²) < 4.78 is 84.6. The molecular weight excluding hydrogens is 887 g/mol. The van der Waals surface area contributed by atoms with E-state index in [-0.39, 0.29) is 44.7 Å². The van der Waals surface area contributed by atoms with E-state index in [9.17, 15) is 36.5 Å². The minimum absolute atomic E-state index is 0.0213. The van der Waals surface area contributed by atoms with Crippen molar-refractivity contribution in [3.05, 3.63) is 117 Å². The number of halogens is 4. The first-order valence-corrected chi connectivity index (χ1v) is 23.3. The highest BCUT2D eigenvalue weighted by Gasteiger charge is 2.38. The van der Waals surface area contributed by atoms with Crippen LogP contribution in [0.5, 0.6) is 11.5 Å². The molecule has 2 saturated heterocycles. The molecule has 14 nitrogen and oxygen atoms in total. The number of anilines is 2. The number of H-pyrrole nitrogens is 1. The van der Waals surface area contributed by atoms with Gasteiger partial charge in [0.25, 0.3) is 21.6 Å². The van der Waals surface area contributed by atoms with Crippen molar-refractivity contribution >= 4 is 61.2 Å². The largest absolute Gasteiger partial charge is 0.453 e. The van der Waals surface area contributed by atoms with Crippen molar-refractivity contribution in [3.8, 4) is 11.5 Å². The number of allylic oxidation sites excluding steroid dienone is 1. The lowest BCUT2D eigenvalue weighted by molar-refractivity contribution is -0.384. The number of nitrogens with one attached hydrogen (secondary N) is 3. The molecule has 0 unspecified atom stereocenters. The first-order chi connectivity index (χ1) is 30.9. The lowest BCUT2D eigenvalue weighted by Crippen LogP contribution is -2.47. The first kappa shape index (κ1) is 45.9. The normalized spacial score (nSPS) is 17.6. The molecule has 19 heteroatoms. The van der Waals surface area contributed by atoms with Crippen LogP contribution >= 0.6 is 11.6 Å². The molecule has 3 N–H and O–H groups in total. The maximum atomic E-state index is 14.4. The van der Waals surface area contributed by atoms with Crippen LogP contribution in [0.3, 0.4) is 0 Å². The maximum absolute atomic E-state index is 14.4. The van der Waals surface area contributed by atoms with Crippen LogP contribution in [0, 0.1) is 21.4 Å². The number of para-hydroxylation sites is 1. The summed E-state index contributed by atoms with van der Waals surface area (Å²) in [4.78, 5) is 36.7. The summed E-state index contributed by atoms with van der Waals surface area (Å²) in [7, 11) is -4.64. The van der Waals surface area contributed by atoms with Gasteiger partial charge in [0.05, 0.1) is 32.8 Å². The SMILES string of the molecule is CC1(C)CCC(CN2CCN(c3cccc(C(=O)NS(=O)(=O)c4ccc(NCC5CCOCC5)c([N+](=O)[O-])c4)c3Oc3cnc4[nH]ccc4c3)CC2)=C(c2ccc(Cl)cc2C(F)(F)F)C1. The van der Waals surface area contributed by atoms with Crippen molar-refractivity contribution in [3.63, 3.8) is 0 Å². The quantitative estimate of drug-likeness (QED) is 0.0758. The molecule has 3 aliphatic rings. The minimum atomic E-state index is -4.64. The molecule has 0 bridgehead atoms. The second-order valence-corrected chi connectivity index (χ2v) is 19.6. The van der Waals surface area contributed by atoms with E-state index in [1.165, 1.54) is 36.5 Å². The van der Waals surface area contributed by atoms with Crippen molar-refractivity contribution in [1.29, 1.82) is 0 Å². The lowest BCUT2D eigenvalue weighted by atomic mass is 9.72. The number of nitro benzene ring substituents is 1. The number of benzene rings is 3. The molecule has 0 spiro atoms. The Morgan fingerprint density at radius 1 is 1.06 bits per heavy atom. The molecule has 65 heavy (non-hydrogen) atoms. The number of carbonyl (C=O) groups excluding carboxylic acids is 1. The van der Waals surface area contributed by atoms with E-state index < -0.39 is 43.2 Å². The van der Waals surface area contributed by atoms with Gasteiger partial charge >= 0.3 is 6.18 Å². The average Bonchev–Trinajstić information content (AvgIpc) is 3.74. The van der Waals surface area contributed by atoms with E-state index in [4.69, 9.17) is 21.1 Å². The number of amides is 1. The smallest absolute Gasteiger partial charge is 0.417 e. The van der Waals surface area contributed by atoms with Crippen LogP contribution in [0.15, 0.2) is 89.6 Å². The number of hydrogen-bond acceptors (Lipinski definition) is 11. The molecule has 8 rings (SSSR count). The number of alkyl halides is 3. The van der Waals surface area contributed by atoms with Gasteiger partial charge in [-0.2, -0.15) is 13.2 Å². The Balaban J connectivity index is 1.05. The van der Waals surface area contributed by atoms with Crippen LogP contribution in [-0.4, -0.2) is 86.6 Å². The number of piperazine rings is 1. The topological polar surface area (TPSA) is 172 Å². The summed E-state index contributed by atoms with van der Waals surface area (Å²) in [5.74, 6) is -0.450. The number of ether oxygens (including phenoxy) is 2. The molecule has 344 valence electrons. The number of nitrogens with zero attached hydrogens (tertiary/aromatic N) is 4. The Labute approximate surface area is 379 Å². The zero-order chi connectivity index (χ0) is 46.1. The fourth-order valence-corrected chi connectivity index (χ4v) is 9.95. The van der Waals surface area contributed by atoms with Crippen LogP contribution in [-0.2, 0) is 20.9 Å². The zero-order valence-electron chi connectivity index (χ0n) is 35.8. The van der Waals surface area contributed by atoms with Crippen molar-refractivity contribution < 1.29 is 40.8 Å². The van der Waals surface area contributed by atoms with Gasteiger partial charge in [-0.05, 0) is 103 Å². The predicted molar refractivity (Wildman–Crippen MR) is 242 cm³/mol. The molecule has 3 aromatic carbocycles. The molecule has 2 aromatic heterocycles. The van der Waals surface area contributed by atoms with Crippen molar-refractivity contribution in [2.24, 2.45) is 11.3 Å². The summed E-state index contributed by atoms with van der Waals surface area (Å²) in [5.41, 5.74) is 1.54. The predicted octanol–water partition coefficient (Wildman–Crippen LogP) is 9.68. The van der Waals surface area contributed by atoms with Gasteiger partial charge in [-0.15, -0.1) is 0 Å². The molecule has 2 fully saturated rings. The summed E-state index contributed by atoms with van der Waals surface area (Å²) in [6, 6.07) is 15.8. The van der Waals surface area contributed by atoms with Gasteiger partial charge in [-0.1, -0.05) is 43.2 Å². The minimum Gasteiger partial charge on any atom is -0.453 e. The highest BCUT2D eigenvalue weighted by Crippen LogP contribution is 2.47. The molecule has 1 aliphatic carbocycles. The van der Waals surface area contributed by atoms with Crippen molar-refractivity contribution in [1.82, 2.24) is 19.6 Å². The number of rotatable bonds is 13. The van der Waals surface area contributed by atoms with Gasteiger partial charge < -0.3 is 24.7 Å². The average molecular weight is 936 g/mol. The van der Waals surface area contributed by atoms with Crippen LogP contribution in [0.4, 0.5) is 30.2 Å². The molecule has 5 aromatic rings. The van der Waals surface area contributed by atoms with Crippen molar-refractivity contribution in [2.75, 3.05) is 62.7 Å². The number of aromatic nitrogens is 2.